The molecule has 0 atom stereocenters. The zero-order valence-electron chi connectivity index (χ0n) is 13.3. The lowest BCUT2D eigenvalue weighted by Crippen LogP contribution is -2.30. The van der Waals surface area contributed by atoms with Crippen LogP contribution in [0.2, 0.25) is 0 Å². The van der Waals surface area contributed by atoms with Crippen molar-refractivity contribution in [1.29, 1.82) is 0 Å². The van der Waals surface area contributed by atoms with E-state index in [0.29, 0.717) is 0 Å². The number of hydrogen-bond donors (Lipinski definition) is 0. The Bertz CT molecular complexity index is 607. The Morgan fingerprint density at radius 2 is 1.45 bits per heavy atom. The molecule has 0 saturated carbocycles. The monoisotopic (exact) mass is 288 g/mol. The average molecular weight is 288 g/mol. The van der Waals surface area contributed by atoms with Crippen molar-refractivity contribution in [3.63, 3.8) is 0 Å². The number of rotatable bonds is 6. The molecular weight excluding hydrogens is 264 g/mol. The summed E-state index contributed by atoms with van der Waals surface area (Å²) in [4.78, 5) is 0. The van der Waals surface area contributed by atoms with Gasteiger partial charge in [0.1, 0.15) is 0 Å². The van der Waals surface area contributed by atoms with E-state index in [1.54, 1.807) is 0 Å². The van der Waals surface area contributed by atoms with E-state index in [0.717, 1.165) is 6.42 Å². The molecule has 0 aromatic heterocycles. The van der Waals surface area contributed by atoms with Crippen LogP contribution in [-0.4, -0.2) is 0 Å². The first-order valence-electron chi connectivity index (χ1n) is 8.35. The molecule has 1 aliphatic rings. The lowest BCUT2D eigenvalue weighted by molar-refractivity contribution is 0.512. The highest BCUT2D eigenvalue weighted by atomic mass is 14.4. The quantitative estimate of drug-likeness (QED) is 0.607. The molecular formula is C22H24. The Morgan fingerprint density at radius 3 is 1.91 bits per heavy atom. The van der Waals surface area contributed by atoms with Gasteiger partial charge in [-0.25, -0.2) is 0 Å². The Kier molecular flexibility index (Phi) is 4.58. The lowest BCUT2D eigenvalue weighted by atomic mass is 9.66. The van der Waals surface area contributed by atoms with Crippen LogP contribution in [0.4, 0.5) is 0 Å². The summed E-state index contributed by atoms with van der Waals surface area (Å²) in [5, 5.41) is 0. The van der Waals surface area contributed by atoms with Crippen molar-refractivity contribution in [3.8, 4) is 0 Å². The van der Waals surface area contributed by atoms with Gasteiger partial charge in [0.25, 0.3) is 0 Å². The second-order valence-electron chi connectivity index (χ2n) is 6.07. The van der Waals surface area contributed by atoms with E-state index in [9.17, 15) is 0 Å². The van der Waals surface area contributed by atoms with E-state index in [4.69, 9.17) is 0 Å². The van der Waals surface area contributed by atoms with Gasteiger partial charge in [-0.15, -0.1) is 0 Å². The van der Waals surface area contributed by atoms with Crippen LogP contribution in [0.1, 0.15) is 43.7 Å². The van der Waals surface area contributed by atoms with E-state index in [2.05, 4.69) is 85.8 Å². The third-order valence-electron chi connectivity index (χ3n) is 4.76. The zero-order valence-corrected chi connectivity index (χ0v) is 13.3. The van der Waals surface area contributed by atoms with Gasteiger partial charge in [-0.05, 0) is 24.0 Å². The maximum atomic E-state index is 2.33. The summed E-state index contributed by atoms with van der Waals surface area (Å²) in [6, 6.07) is 22.1. The van der Waals surface area contributed by atoms with Crippen molar-refractivity contribution in [1.82, 2.24) is 0 Å². The van der Waals surface area contributed by atoms with Gasteiger partial charge in [0, 0.05) is 5.41 Å². The topological polar surface area (TPSA) is 0 Å². The normalized spacial score (nSPS) is 14.1. The van der Waals surface area contributed by atoms with E-state index >= 15 is 0 Å². The summed E-state index contributed by atoms with van der Waals surface area (Å²) in [5.41, 5.74) is 4.38. The van der Waals surface area contributed by atoms with Crippen molar-refractivity contribution in [2.24, 2.45) is 0 Å². The van der Waals surface area contributed by atoms with Crippen LogP contribution in [-0.2, 0) is 5.41 Å². The largest absolute Gasteiger partial charge is 0.0804 e. The molecule has 3 rings (SSSR count). The average Bonchev–Trinajstić information content (AvgIpc) is 3.13. The first kappa shape index (κ1) is 14.8. The van der Waals surface area contributed by atoms with E-state index in [1.165, 1.54) is 36.0 Å². The molecule has 22 heavy (non-hydrogen) atoms. The van der Waals surface area contributed by atoms with Gasteiger partial charge in [-0.3, -0.25) is 0 Å². The molecule has 0 fully saturated rings. The summed E-state index contributed by atoms with van der Waals surface area (Å²) in [7, 11) is 0. The van der Waals surface area contributed by atoms with Gasteiger partial charge in [0.05, 0.1) is 0 Å². The van der Waals surface area contributed by atoms with Crippen molar-refractivity contribution in [2.75, 3.05) is 0 Å². The van der Waals surface area contributed by atoms with E-state index in [-0.39, 0.29) is 5.41 Å². The van der Waals surface area contributed by atoms with Crippen LogP contribution in [0, 0.1) is 0 Å². The highest BCUT2D eigenvalue weighted by Crippen LogP contribution is 2.46. The molecule has 0 radical (unpaired) electrons. The smallest absolute Gasteiger partial charge is 0.0417 e. The van der Waals surface area contributed by atoms with Crippen LogP contribution in [0.5, 0.6) is 0 Å². The summed E-state index contributed by atoms with van der Waals surface area (Å²) in [6.45, 7) is 2.28. The second-order valence-corrected chi connectivity index (χ2v) is 6.07. The minimum absolute atomic E-state index is 0.0159. The fourth-order valence-corrected chi connectivity index (χ4v) is 3.64. The summed E-state index contributed by atoms with van der Waals surface area (Å²) < 4.78 is 0. The van der Waals surface area contributed by atoms with Crippen LogP contribution in [0.3, 0.4) is 0 Å². The molecule has 1 aliphatic carbocycles. The van der Waals surface area contributed by atoms with Gasteiger partial charge in [0.2, 0.25) is 0 Å². The third-order valence-corrected chi connectivity index (χ3v) is 4.76. The Balaban J connectivity index is 2.18. The maximum absolute atomic E-state index is 2.33. The summed E-state index contributed by atoms with van der Waals surface area (Å²) in [6.07, 6.45) is 11.5. The van der Waals surface area contributed by atoms with Crippen LogP contribution in [0.25, 0.3) is 0 Å². The maximum Gasteiger partial charge on any atom is 0.0417 e. The molecule has 2 aromatic rings. The fraction of sp³-hybridized carbons (Fsp3) is 0.273. The molecule has 0 unspecified atom stereocenters. The second kappa shape index (κ2) is 6.79. The number of hydrogen-bond acceptors (Lipinski definition) is 0. The molecule has 0 saturated heterocycles. The van der Waals surface area contributed by atoms with Gasteiger partial charge < -0.3 is 0 Å². The molecule has 0 amide bonds. The van der Waals surface area contributed by atoms with Gasteiger partial charge in [-0.2, -0.15) is 0 Å². The summed E-state index contributed by atoms with van der Waals surface area (Å²) in [5.74, 6) is 0. The van der Waals surface area contributed by atoms with Crippen LogP contribution in [0.15, 0.2) is 84.5 Å². The van der Waals surface area contributed by atoms with E-state index in [1.807, 2.05) is 0 Å². The number of unbranched alkanes of at least 4 members (excludes halogenated alkanes) is 1. The lowest BCUT2D eigenvalue weighted by Gasteiger charge is -2.37. The van der Waals surface area contributed by atoms with Crippen molar-refractivity contribution in [2.45, 2.75) is 38.0 Å². The molecule has 0 heterocycles. The molecule has 112 valence electrons. The minimum atomic E-state index is 0.0159. The summed E-state index contributed by atoms with van der Waals surface area (Å²) >= 11 is 0. The highest BCUT2D eigenvalue weighted by Gasteiger charge is 2.37. The molecule has 0 N–H and O–H groups in total. The third kappa shape index (κ3) is 2.66. The van der Waals surface area contributed by atoms with Gasteiger partial charge in [0.15, 0.2) is 0 Å². The molecule has 2 aromatic carbocycles. The van der Waals surface area contributed by atoms with Gasteiger partial charge in [-0.1, -0.05) is 104 Å². The van der Waals surface area contributed by atoms with Crippen molar-refractivity contribution < 1.29 is 0 Å². The molecule has 0 aliphatic heterocycles. The Morgan fingerprint density at radius 1 is 0.864 bits per heavy atom. The first-order valence-corrected chi connectivity index (χ1v) is 8.35. The SMILES string of the molecule is CCCCC(C1=CC=CC1)(c1ccccc1)c1ccccc1. The van der Waals surface area contributed by atoms with Crippen LogP contribution < -0.4 is 0 Å². The van der Waals surface area contributed by atoms with Crippen molar-refractivity contribution in [3.05, 3.63) is 95.6 Å². The van der Waals surface area contributed by atoms with Gasteiger partial charge >= 0.3 is 0 Å². The predicted molar refractivity (Wildman–Crippen MR) is 95.0 cm³/mol. The molecule has 0 spiro atoms. The number of allylic oxidation sites excluding steroid dienone is 4. The van der Waals surface area contributed by atoms with Crippen molar-refractivity contribution >= 4 is 0 Å². The minimum Gasteiger partial charge on any atom is -0.0804 e. The molecule has 0 heteroatoms. The van der Waals surface area contributed by atoms with Crippen LogP contribution >= 0.6 is 0 Å². The zero-order chi connectivity index (χ0) is 15.3. The first-order chi connectivity index (χ1) is 10.9. The Hall–Kier alpha value is -2.08. The standard InChI is InChI=1S/C22H24/c1-2-3-18-22(21-16-10-11-17-21,19-12-6-4-7-13-19)20-14-8-5-9-15-20/h4-16H,2-3,17-18H2,1H3. The number of benzene rings is 2. The molecule has 0 nitrogen and oxygen atoms in total. The fourth-order valence-electron chi connectivity index (χ4n) is 3.64. The molecule has 0 bridgehead atoms. The highest BCUT2D eigenvalue weighted by molar-refractivity contribution is 5.51. The Labute approximate surface area is 134 Å². The van der Waals surface area contributed by atoms with E-state index < -0.39 is 0 Å². The predicted octanol–water partition coefficient (Wildman–Crippen LogP) is 6.05.